The highest BCUT2D eigenvalue weighted by molar-refractivity contribution is 5.35. The minimum Gasteiger partial charge on any atom is -0.508 e. The van der Waals surface area contributed by atoms with Crippen LogP contribution in [0.25, 0.3) is 0 Å². The van der Waals surface area contributed by atoms with Crippen molar-refractivity contribution in [2.45, 2.75) is 64.2 Å². The minimum atomic E-state index is 0.493. The smallest absolute Gasteiger partial charge is 0.119 e. The number of hydrogen-bond donors (Lipinski definition) is 1. The molecule has 1 aliphatic rings. The van der Waals surface area contributed by atoms with Crippen molar-refractivity contribution in [3.8, 4) is 5.75 Å². The van der Waals surface area contributed by atoms with Gasteiger partial charge in [-0.15, -0.1) is 0 Å². The van der Waals surface area contributed by atoms with Crippen LogP contribution in [0.15, 0.2) is 24.3 Å². The summed E-state index contributed by atoms with van der Waals surface area (Å²) in [5, 5.41) is 9.90. The number of unbranched alkanes of at least 4 members (excludes halogenated alkanes) is 2. The first kappa shape index (κ1) is 13.5. The molecule has 1 aromatic carbocycles. The summed E-state index contributed by atoms with van der Waals surface area (Å²) in [6.07, 6.45) is 10.8. The average molecular weight is 246 g/mol. The fourth-order valence-corrected chi connectivity index (χ4v) is 3.28. The van der Waals surface area contributed by atoms with Crippen LogP contribution in [0.1, 0.15) is 69.8 Å². The van der Waals surface area contributed by atoms with Crippen molar-refractivity contribution in [3.05, 3.63) is 29.8 Å². The van der Waals surface area contributed by atoms with Crippen LogP contribution in [-0.2, 0) is 0 Å². The molecule has 0 aliphatic heterocycles. The number of rotatable bonds is 5. The molecule has 1 saturated carbocycles. The van der Waals surface area contributed by atoms with Crippen molar-refractivity contribution < 1.29 is 5.11 Å². The van der Waals surface area contributed by atoms with Crippen molar-refractivity contribution in [2.24, 2.45) is 5.92 Å². The van der Waals surface area contributed by atoms with Gasteiger partial charge >= 0.3 is 0 Å². The van der Waals surface area contributed by atoms with Crippen molar-refractivity contribution in [2.75, 3.05) is 0 Å². The van der Waals surface area contributed by atoms with E-state index in [0.717, 1.165) is 5.92 Å². The fourth-order valence-electron chi connectivity index (χ4n) is 3.28. The van der Waals surface area contributed by atoms with Gasteiger partial charge < -0.3 is 5.11 Å². The van der Waals surface area contributed by atoms with E-state index < -0.39 is 0 Å². The molecule has 18 heavy (non-hydrogen) atoms. The van der Waals surface area contributed by atoms with Crippen LogP contribution >= 0.6 is 0 Å². The summed E-state index contributed by atoms with van der Waals surface area (Å²) < 4.78 is 0. The molecule has 0 atom stereocenters. The monoisotopic (exact) mass is 246 g/mol. The number of para-hydroxylation sites is 1. The van der Waals surface area contributed by atoms with E-state index in [0.29, 0.717) is 11.7 Å². The summed E-state index contributed by atoms with van der Waals surface area (Å²) in [6, 6.07) is 7.87. The van der Waals surface area contributed by atoms with Crippen LogP contribution in [0.2, 0.25) is 0 Å². The Kier molecular flexibility index (Phi) is 5.10. The van der Waals surface area contributed by atoms with Crippen LogP contribution in [0.4, 0.5) is 0 Å². The van der Waals surface area contributed by atoms with E-state index in [2.05, 4.69) is 13.0 Å². The lowest BCUT2D eigenvalue weighted by atomic mass is 9.77. The Morgan fingerprint density at radius 1 is 1.06 bits per heavy atom. The molecule has 0 radical (unpaired) electrons. The van der Waals surface area contributed by atoms with Crippen LogP contribution < -0.4 is 0 Å². The molecule has 1 N–H and O–H groups in total. The summed E-state index contributed by atoms with van der Waals surface area (Å²) in [5.41, 5.74) is 1.17. The van der Waals surface area contributed by atoms with Gasteiger partial charge in [-0.25, -0.2) is 0 Å². The molecule has 0 saturated heterocycles. The first-order chi connectivity index (χ1) is 8.81. The van der Waals surface area contributed by atoms with Gasteiger partial charge in [0.2, 0.25) is 0 Å². The topological polar surface area (TPSA) is 20.2 Å². The van der Waals surface area contributed by atoms with Crippen LogP contribution in [0.5, 0.6) is 5.75 Å². The molecule has 1 heteroatoms. The highest BCUT2D eigenvalue weighted by atomic mass is 16.3. The van der Waals surface area contributed by atoms with Gasteiger partial charge in [-0.05, 0) is 49.1 Å². The summed E-state index contributed by atoms with van der Waals surface area (Å²) in [5.74, 6) is 2.03. The summed E-state index contributed by atoms with van der Waals surface area (Å²) in [7, 11) is 0. The zero-order valence-electron chi connectivity index (χ0n) is 11.6. The quantitative estimate of drug-likeness (QED) is 0.704. The molecule has 0 heterocycles. The van der Waals surface area contributed by atoms with Crippen LogP contribution in [-0.4, -0.2) is 5.11 Å². The number of phenolic OH excluding ortho intramolecular Hbond substituents is 1. The second kappa shape index (κ2) is 6.82. The second-order valence-electron chi connectivity index (χ2n) is 5.77. The molecular formula is C17H26O. The maximum Gasteiger partial charge on any atom is 0.119 e. The molecule has 1 fully saturated rings. The predicted molar refractivity (Wildman–Crippen MR) is 76.9 cm³/mol. The number of benzene rings is 1. The molecule has 100 valence electrons. The molecule has 2 rings (SSSR count). The van der Waals surface area contributed by atoms with E-state index in [1.807, 2.05) is 18.2 Å². The molecule has 0 bridgehead atoms. The average Bonchev–Trinajstić information content (AvgIpc) is 2.41. The van der Waals surface area contributed by atoms with E-state index in [1.165, 1.54) is 56.9 Å². The maximum atomic E-state index is 9.90. The van der Waals surface area contributed by atoms with Gasteiger partial charge in [0, 0.05) is 0 Å². The van der Waals surface area contributed by atoms with Crippen molar-refractivity contribution >= 4 is 0 Å². The van der Waals surface area contributed by atoms with E-state index in [9.17, 15) is 5.11 Å². The van der Waals surface area contributed by atoms with Gasteiger partial charge in [0.15, 0.2) is 0 Å². The summed E-state index contributed by atoms with van der Waals surface area (Å²) in [4.78, 5) is 0. The lowest BCUT2D eigenvalue weighted by Gasteiger charge is -2.29. The van der Waals surface area contributed by atoms with Gasteiger partial charge in [-0.3, -0.25) is 0 Å². The molecule has 1 aromatic rings. The zero-order chi connectivity index (χ0) is 12.8. The van der Waals surface area contributed by atoms with Gasteiger partial charge in [-0.1, -0.05) is 50.8 Å². The Labute approximate surface area is 111 Å². The normalized spacial score (nSPS) is 24.1. The highest BCUT2D eigenvalue weighted by Crippen LogP contribution is 2.40. The van der Waals surface area contributed by atoms with Gasteiger partial charge in [0.25, 0.3) is 0 Å². The highest BCUT2D eigenvalue weighted by Gasteiger charge is 2.23. The van der Waals surface area contributed by atoms with E-state index in [4.69, 9.17) is 0 Å². The van der Waals surface area contributed by atoms with Gasteiger partial charge in [0.05, 0.1) is 0 Å². The van der Waals surface area contributed by atoms with Gasteiger partial charge in [-0.2, -0.15) is 0 Å². The SMILES string of the molecule is CCCCCC1CCC(c2ccccc2O)CC1. The number of phenols is 1. The fraction of sp³-hybridized carbons (Fsp3) is 0.647. The van der Waals surface area contributed by atoms with Crippen molar-refractivity contribution in [3.63, 3.8) is 0 Å². The Morgan fingerprint density at radius 3 is 2.44 bits per heavy atom. The zero-order valence-corrected chi connectivity index (χ0v) is 11.6. The third kappa shape index (κ3) is 3.51. The van der Waals surface area contributed by atoms with Crippen molar-refractivity contribution in [1.82, 2.24) is 0 Å². The lowest BCUT2D eigenvalue weighted by molar-refractivity contribution is 0.299. The summed E-state index contributed by atoms with van der Waals surface area (Å²) >= 11 is 0. The molecule has 0 unspecified atom stereocenters. The summed E-state index contributed by atoms with van der Waals surface area (Å²) in [6.45, 7) is 2.27. The standard InChI is InChI=1S/C17H26O/c1-2-3-4-7-14-10-12-15(13-11-14)16-8-5-6-9-17(16)18/h5-6,8-9,14-15,18H,2-4,7,10-13H2,1H3. The molecule has 0 aromatic heterocycles. The second-order valence-corrected chi connectivity index (χ2v) is 5.77. The Balaban J connectivity index is 1.81. The molecule has 1 aliphatic carbocycles. The molecule has 0 spiro atoms. The van der Waals surface area contributed by atoms with E-state index in [1.54, 1.807) is 0 Å². The van der Waals surface area contributed by atoms with Crippen LogP contribution in [0, 0.1) is 5.92 Å². The number of hydrogen-bond acceptors (Lipinski definition) is 1. The Hall–Kier alpha value is -0.980. The first-order valence-electron chi connectivity index (χ1n) is 7.59. The predicted octanol–water partition coefficient (Wildman–Crippen LogP) is 5.25. The third-order valence-electron chi connectivity index (χ3n) is 4.44. The third-order valence-corrected chi connectivity index (χ3v) is 4.44. The molecule has 1 nitrogen and oxygen atoms in total. The van der Waals surface area contributed by atoms with Crippen molar-refractivity contribution in [1.29, 1.82) is 0 Å². The van der Waals surface area contributed by atoms with Crippen LogP contribution in [0.3, 0.4) is 0 Å². The van der Waals surface area contributed by atoms with Gasteiger partial charge in [0.1, 0.15) is 5.75 Å². The maximum absolute atomic E-state index is 9.90. The largest absolute Gasteiger partial charge is 0.508 e. The first-order valence-corrected chi connectivity index (χ1v) is 7.59. The lowest BCUT2D eigenvalue weighted by Crippen LogP contribution is -2.13. The Bertz CT molecular complexity index is 350. The number of aromatic hydroxyl groups is 1. The molecule has 0 amide bonds. The minimum absolute atomic E-state index is 0.493. The van der Waals surface area contributed by atoms with E-state index >= 15 is 0 Å². The van der Waals surface area contributed by atoms with E-state index in [-0.39, 0.29) is 0 Å². The molecular weight excluding hydrogens is 220 g/mol. The Morgan fingerprint density at radius 2 is 1.78 bits per heavy atom.